The van der Waals surface area contributed by atoms with Crippen LogP contribution in [0.25, 0.3) is 0 Å². The molecule has 0 aliphatic rings. The molecule has 0 aliphatic heterocycles. The topological polar surface area (TPSA) is 97.4 Å². The van der Waals surface area contributed by atoms with Crippen LogP contribution in [0.2, 0.25) is 0 Å². The third kappa shape index (κ3) is 8.23. The molecular formula is C30H30O8. The Hall–Kier alpha value is -4.59. The summed E-state index contributed by atoms with van der Waals surface area (Å²) in [6.07, 6.45) is 1.29. The lowest BCUT2D eigenvalue weighted by atomic mass is 10.2. The number of hydrogen-bond donors (Lipinski definition) is 0. The third-order valence-electron chi connectivity index (χ3n) is 5.31. The van der Waals surface area contributed by atoms with Gasteiger partial charge in [-0.05, 0) is 81.3 Å². The van der Waals surface area contributed by atoms with E-state index in [-0.39, 0.29) is 17.9 Å². The number of methoxy groups -OCH3 is 1. The van der Waals surface area contributed by atoms with Crippen LogP contribution in [-0.2, 0) is 9.53 Å². The minimum absolute atomic E-state index is 0.267. The Bertz CT molecular complexity index is 1280. The number of hydrogen-bond acceptors (Lipinski definition) is 8. The van der Waals surface area contributed by atoms with E-state index in [0.29, 0.717) is 47.8 Å². The molecule has 0 radical (unpaired) electrons. The van der Waals surface area contributed by atoms with Crippen LogP contribution in [0.3, 0.4) is 0 Å². The molecule has 0 heterocycles. The number of carbonyl (C=O) groups excluding carboxylic acids is 3. The molecule has 0 aliphatic carbocycles. The molecule has 3 rings (SSSR count). The first-order valence-electron chi connectivity index (χ1n) is 12.0. The standard InChI is InChI=1S/C30H30O8/c1-20(2)28(31)36-18-6-5-17-35-26-16-11-23(19-27(26)34-4)30(33)38-25-14-9-22(10-15-25)29(32)37-24-12-7-21(3)8-13-24/h7-16,19H,1,5-6,17-18H2,2-4H3. The van der Waals surface area contributed by atoms with Gasteiger partial charge in [0.05, 0.1) is 31.5 Å². The van der Waals surface area contributed by atoms with E-state index in [9.17, 15) is 14.4 Å². The minimum Gasteiger partial charge on any atom is -0.493 e. The van der Waals surface area contributed by atoms with Crippen LogP contribution in [0, 0.1) is 6.92 Å². The van der Waals surface area contributed by atoms with Crippen molar-refractivity contribution in [1.29, 1.82) is 0 Å². The first kappa shape index (κ1) is 28.0. The quantitative estimate of drug-likeness (QED) is 0.130. The van der Waals surface area contributed by atoms with Gasteiger partial charge in [-0.25, -0.2) is 14.4 Å². The van der Waals surface area contributed by atoms with Crippen LogP contribution in [0.15, 0.2) is 78.9 Å². The van der Waals surface area contributed by atoms with E-state index >= 15 is 0 Å². The summed E-state index contributed by atoms with van der Waals surface area (Å²) in [7, 11) is 1.47. The third-order valence-corrected chi connectivity index (χ3v) is 5.31. The molecule has 0 N–H and O–H groups in total. The highest BCUT2D eigenvalue weighted by atomic mass is 16.5. The van der Waals surface area contributed by atoms with Gasteiger partial charge in [0.2, 0.25) is 0 Å². The van der Waals surface area contributed by atoms with E-state index in [4.69, 9.17) is 23.7 Å². The summed E-state index contributed by atoms with van der Waals surface area (Å²) >= 11 is 0. The number of rotatable bonds is 12. The minimum atomic E-state index is -0.593. The summed E-state index contributed by atoms with van der Waals surface area (Å²) in [5, 5.41) is 0. The molecule has 0 bridgehead atoms. The number of ether oxygens (including phenoxy) is 5. The summed E-state index contributed by atoms with van der Waals surface area (Å²) in [6.45, 7) is 7.74. The normalized spacial score (nSPS) is 10.3. The van der Waals surface area contributed by atoms with Gasteiger partial charge in [0.25, 0.3) is 0 Å². The van der Waals surface area contributed by atoms with Gasteiger partial charge in [-0.3, -0.25) is 0 Å². The zero-order chi connectivity index (χ0) is 27.5. The number of esters is 3. The van der Waals surface area contributed by atoms with Crippen molar-refractivity contribution in [2.24, 2.45) is 0 Å². The molecule has 3 aromatic carbocycles. The molecule has 0 spiro atoms. The smallest absolute Gasteiger partial charge is 0.343 e. The van der Waals surface area contributed by atoms with E-state index < -0.39 is 17.9 Å². The molecule has 0 atom stereocenters. The summed E-state index contributed by atoms with van der Waals surface area (Å²) < 4.78 is 26.9. The maximum Gasteiger partial charge on any atom is 0.343 e. The van der Waals surface area contributed by atoms with Crippen molar-refractivity contribution in [1.82, 2.24) is 0 Å². The van der Waals surface area contributed by atoms with Gasteiger partial charge in [-0.1, -0.05) is 24.3 Å². The van der Waals surface area contributed by atoms with Gasteiger partial charge in [0.15, 0.2) is 11.5 Å². The highest BCUT2D eigenvalue weighted by molar-refractivity contribution is 5.93. The van der Waals surface area contributed by atoms with Crippen molar-refractivity contribution in [3.63, 3.8) is 0 Å². The monoisotopic (exact) mass is 518 g/mol. The Morgan fingerprint density at radius 3 is 1.89 bits per heavy atom. The maximum absolute atomic E-state index is 12.7. The predicted octanol–water partition coefficient (Wildman–Crippen LogP) is 5.72. The number of carbonyl (C=O) groups is 3. The van der Waals surface area contributed by atoms with Crippen molar-refractivity contribution >= 4 is 17.9 Å². The first-order chi connectivity index (χ1) is 18.3. The average molecular weight is 519 g/mol. The molecule has 0 saturated heterocycles. The first-order valence-corrected chi connectivity index (χ1v) is 12.0. The summed E-state index contributed by atoms with van der Waals surface area (Å²) in [5.74, 6) is 0.0487. The van der Waals surface area contributed by atoms with Gasteiger partial charge < -0.3 is 23.7 Å². The second-order valence-corrected chi connectivity index (χ2v) is 8.45. The fraction of sp³-hybridized carbons (Fsp3) is 0.233. The molecule has 8 heteroatoms. The van der Waals surface area contributed by atoms with Crippen LogP contribution in [0.1, 0.15) is 46.0 Å². The largest absolute Gasteiger partial charge is 0.493 e. The van der Waals surface area contributed by atoms with Crippen molar-refractivity contribution in [2.75, 3.05) is 20.3 Å². The van der Waals surface area contributed by atoms with Crippen molar-refractivity contribution in [3.8, 4) is 23.0 Å². The number of aryl methyl sites for hydroxylation is 1. The molecule has 0 fully saturated rings. The van der Waals surface area contributed by atoms with E-state index in [1.807, 2.05) is 19.1 Å². The Kier molecular flexibility index (Phi) is 10.0. The Labute approximate surface area is 221 Å². The average Bonchev–Trinajstić information content (AvgIpc) is 2.92. The predicted molar refractivity (Wildman–Crippen MR) is 141 cm³/mol. The number of benzene rings is 3. The number of unbranched alkanes of at least 4 members (excludes halogenated alkanes) is 1. The van der Waals surface area contributed by atoms with E-state index in [1.165, 1.54) is 37.4 Å². The lowest BCUT2D eigenvalue weighted by Gasteiger charge is -2.12. The van der Waals surface area contributed by atoms with Gasteiger partial charge in [-0.2, -0.15) is 0 Å². The van der Waals surface area contributed by atoms with Crippen LogP contribution in [0.5, 0.6) is 23.0 Å². The van der Waals surface area contributed by atoms with Gasteiger partial charge in [0, 0.05) is 5.57 Å². The van der Waals surface area contributed by atoms with Gasteiger partial charge >= 0.3 is 17.9 Å². The van der Waals surface area contributed by atoms with Gasteiger partial charge in [0.1, 0.15) is 11.5 Å². The van der Waals surface area contributed by atoms with Crippen molar-refractivity contribution in [3.05, 3.63) is 95.6 Å². The highest BCUT2D eigenvalue weighted by Gasteiger charge is 2.15. The molecule has 0 saturated carbocycles. The lowest BCUT2D eigenvalue weighted by Crippen LogP contribution is -2.11. The van der Waals surface area contributed by atoms with E-state index in [1.54, 1.807) is 31.2 Å². The molecule has 0 aromatic heterocycles. The van der Waals surface area contributed by atoms with Crippen molar-refractivity contribution < 1.29 is 38.1 Å². The van der Waals surface area contributed by atoms with Crippen LogP contribution >= 0.6 is 0 Å². The maximum atomic E-state index is 12.7. The molecule has 8 nitrogen and oxygen atoms in total. The molecule has 38 heavy (non-hydrogen) atoms. The van der Waals surface area contributed by atoms with Crippen LogP contribution in [-0.4, -0.2) is 38.2 Å². The molecular weight excluding hydrogens is 488 g/mol. The molecule has 0 unspecified atom stereocenters. The van der Waals surface area contributed by atoms with Crippen LogP contribution in [0.4, 0.5) is 0 Å². The lowest BCUT2D eigenvalue weighted by molar-refractivity contribution is -0.139. The fourth-order valence-electron chi connectivity index (χ4n) is 3.19. The molecule has 3 aromatic rings. The van der Waals surface area contributed by atoms with Crippen LogP contribution < -0.4 is 18.9 Å². The molecule has 198 valence electrons. The second kappa shape index (κ2) is 13.6. The zero-order valence-corrected chi connectivity index (χ0v) is 21.7. The fourth-order valence-corrected chi connectivity index (χ4v) is 3.19. The summed E-state index contributed by atoms with van der Waals surface area (Å²) in [4.78, 5) is 36.4. The summed E-state index contributed by atoms with van der Waals surface area (Å²) in [6, 6.07) is 18.0. The Balaban J connectivity index is 1.51. The van der Waals surface area contributed by atoms with Crippen molar-refractivity contribution in [2.45, 2.75) is 26.7 Å². The molecule has 0 amide bonds. The van der Waals surface area contributed by atoms with E-state index in [2.05, 4.69) is 6.58 Å². The van der Waals surface area contributed by atoms with E-state index in [0.717, 1.165) is 5.56 Å². The highest BCUT2D eigenvalue weighted by Crippen LogP contribution is 2.29. The SMILES string of the molecule is C=C(C)C(=O)OCCCCOc1ccc(C(=O)Oc2ccc(C(=O)Oc3ccc(C)cc3)cc2)cc1OC. The zero-order valence-electron chi connectivity index (χ0n) is 21.7. The van der Waals surface area contributed by atoms with Gasteiger partial charge in [-0.15, -0.1) is 0 Å². The summed E-state index contributed by atoms with van der Waals surface area (Å²) in [5.41, 5.74) is 2.01. The Morgan fingerprint density at radius 1 is 0.737 bits per heavy atom. The Morgan fingerprint density at radius 2 is 1.29 bits per heavy atom. The second-order valence-electron chi connectivity index (χ2n) is 8.45.